The molecule has 0 fully saturated rings. The first kappa shape index (κ1) is 10.4. The summed E-state index contributed by atoms with van der Waals surface area (Å²) < 4.78 is 3.31. The first-order chi connectivity index (χ1) is 7.68. The predicted molar refractivity (Wildman–Crippen MR) is 67.7 cm³/mol. The molecule has 1 unspecified atom stereocenters. The molecule has 1 atom stereocenters. The number of hydrogen-bond acceptors (Lipinski definition) is 1. The minimum atomic E-state index is -0.276. The fourth-order valence-corrected chi connectivity index (χ4v) is 3.12. The molecule has 0 saturated heterocycles. The maximum atomic E-state index is 10.1. The van der Waals surface area contributed by atoms with E-state index in [1.165, 1.54) is 16.8 Å². The summed E-state index contributed by atoms with van der Waals surface area (Å²) in [7, 11) is 0. The molecule has 1 aliphatic carbocycles. The number of aliphatic hydroxyl groups is 1. The predicted octanol–water partition coefficient (Wildman–Crippen LogP) is 3.38. The zero-order valence-electron chi connectivity index (χ0n) is 9.20. The second-order valence-electron chi connectivity index (χ2n) is 4.49. The van der Waals surface area contributed by atoms with Gasteiger partial charge in [0.05, 0.1) is 6.10 Å². The van der Waals surface area contributed by atoms with Gasteiger partial charge in [-0.05, 0) is 43.9 Å². The Morgan fingerprint density at radius 3 is 3.12 bits per heavy atom. The van der Waals surface area contributed by atoms with Crippen molar-refractivity contribution in [2.24, 2.45) is 0 Å². The number of rotatable bonds is 0. The Kier molecular flexibility index (Phi) is 2.33. The van der Waals surface area contributed by atoms with E-state index in [2.05, 4.69) is 39.5 Å². The first-order valence-corrected chi connectivity index (χ1v) is 6.45. The largest absolute Gasteiger partial charge is 0.388 e. The minimum absolute atomic E-state index is 0.276. The molecule has 0 spiro atoms. The minimum Gasteiger partial charge on any atom is -0.388 e. The molecule has 16 heavy (non-hydrogen) atoms. The van der Waals surface area contributed by atoms with Gasteiger partial charge in [-0.15, -0.1) is 0 Å². The van der Waals surface area contributed by atoms with Crippen LogP contribution in [0.2, 0.25) is 0 Å². The van der Waals surface area contributed by atoms with E-state index in [1.54, 1.807) is 0 Å². The molecule has 2 aromatic heterocycles. The van der Waals surface area contributed by atoms with Gasteiger partial charge in [0.25, 0.3) is 0 Å². The van der Waals surface area contributed by atoms with Gasteiger partial charge >= 0.3 is 0 Å². The molecule has 2 aromatic rings. The lowest BCUT2D eigenvalue weighted by Gasteiger charge is -2.18. The third-order valence-electron chi connectivity index (χ3n) is 3.53. The Bertz CT molecular complexity index is 559. The van der Waals surface area contributed by atoms with Crippen molar-refractivity contribution in [3.63, 3.8) is 0 Å². The lowest BCUT2D eigenvalue weighted by Crippen LogP contribution is -2.09. The number of nitrogens with zero attached hydrogens (tertiary/aromatic N) is 1. The van der Waals surface area contributed by atoms with E-state index in [-0.39, 0.29) is 6.10 Å². The summed E-state index contributed by atoms with van der Waals surface area (Å²) in [6.45, 7) is 2.11. The van der Waals surface area contributed by atoms with E-state index in [1.807, 2.05) is 6.07 Å². The zero-order valence-corrected chi connectivity index (χ0v) is 10.8. The summed E-state index contributed by atoms with van der Waals surface area (Å²) in [6, 6.07) is 4.17. The maximum absolute atomic E-state index is 10.1. The molecule has 84 valence electrons. The number of pyridine rings is 1. The van der Waals surface area contributed by atoms with E-state index in [9.17, 15) is 5.11 Å². The van der Waals surface area contributed by atoms with Crippen molar-refractivity contribution < 1.29 is 5.11 Å². The van der Waals surface area contributed by atoms with Crippen molar-refractivity contribution in [2.45, 2.75) is 32.3 Å². The maximum Gasteiger partial charge on any atom is 0.0810 e. The molecular weight excluding hydrogens is 266 g/mol. The number of fused-ring (bicyclic) bond motifs is 3. The van der Waals surface area contributed by atoms with Crippen LogP contribution in [0.5, 0.6) is 0 Å². The van der Waals surface area contributed by atoms with Gasteiger partial charge in [0.1, 0.15) is 0 Å². The average molecular weight is 280 g/mol. The van der Waals surface area contributed by atoms with Crippen molar-refractivity contribution in [3.05, 3.63) is 39.6 Å². The number of aliphatic hydroxyl groups excluding tert-OH is 1. The van der Waals surface area contributed by atoms with Gasteiger partial charge < -0.3 is 9.51 Å². The molecule has 0 aliphatic heterocycles. The highest BCUT2D eigenvalue weighted by Gasteiger charge is 2.24. The van der Waals surface area contributed by atoms with Crippen LogP contribution in [-0.4, -0.2) is 9.51 Å². The topological polar surface area (TPSA) is 24.6 Å². The Labute approximate surface area is 103 Å². The second kappa shape index (κ2) is 3.60. The van der Waals surface area contributed by atoms with Gasteiger partial charge in [-0.25, -0.2) is 0 Å². The van der Waals surface area contributed by atoms with Crippen LogP contribution in [0.15, 0.2) is 22.8 Å². The van der Waals surface area contributed by atoms with Crippen LogP contribution >= 0.6 is 15.9 Å². The highest BCUT2D eigenvalue weighted by Crippen LogP contribution is 2.36. The van der Waals surface area contributed by atoms with E-state index in [0.29, 0.717) is 0 Å². The number of aromatic nitrogens is 1. The fourth-order valence-electron chi connectivity index (χ4n) is 2.79. The zero-order chi connectivity index (χ0) is 11.3. The van der Waals surface area contributed by atoms with Crippen molar-refractivity contribution in [3.8, 4) is 0 Å². The average Bonchev–Trinajstić information content (AvgIpc) is 2.54. The number of halogens is 1. The molecule has 1 N–H and O–H groups in total. The number of hydrogen-bond donors (Lipinski definition) is 1. The Morgan fingerprint density at radius 1 is 1.50 bits per heavy atom. The molecule has 0 radical (unpaired) electrons. The third kappa shape index (κ3) is 1.35. The summed E-state index contributed by atoms with van der Waals surface area (Å²) >= 11 is 3.50. The van der Waals surface area contributed by atoms with E-state index < -0.39 is 0 Å². The lowest BCUT2D eigenvalue weighted by atomic mass is 9.92. The van der Waals surface area contributed by atoms with Crippen molar-refractivity contribution in [2.75, 3.05) is 0 Å². The number of aryl methyl sites for hydroxylation is 2. The SMILES string of the molecule is Cc1c2c(n3ccc(Br)cc13)CCCC2O. The molecule has 0 saturated carbocycles. The van der Waals surface area contributed by atoms with Gasteiger partial charge in [0.15, 0.2) is 0 Å². The normalized spacial score (nSPS) is 20.1. The van der Waals surface area contributed by atoms with Crippen LogP contribution in [-0.2, 0) is 6.42 Å². The summed E-state index contributed by atoms with van der Waals surface area (Å²) in [5.74, 6) is 0. The van der Waals surface area contributed by atoms with Crippen LogP contribution in [0.4, 0.5) is 0 Å². The molecule has 3 heteroatoms. The van der Waals surface area contributed by atoms with E-state index in [0.717, 1.165) is 29.3 Å². The molecule has 3 rings (SSSR count). The van der Waals surface area contributed by atoms with E-state index in [4.69, 9.17) is 0 Å². The molecule has 1 aliphatic rings. The molecule has 2 nitrogen and oxygen atoms in total. The smallest absolute Gasteiger partial charge is 0.0810 e. The molecular formula is C13H14BrNO. The summed E-state index contributed by atoms with van der Waals surface area (Å²) in [6.07, 6.45) is 4.86. The Balaban J connectivity index is 2.38. The molecule has 2 heterocycles. The van der Waals surface area contributed by atoms with Crippen LogP contribution in [0.25, 0.3) is 5.52 Å². The van der Waals surface area contributed by atoms with Gasteiger partial charge in [0, 0.05) is 27.4 Å². The standard InChI is InChI=1S/C13H14BrNO/c1-8-11-7-9(14)5-6-15(11)10-3-2-4-12(16)13(8)10/h5-7,12,16H,2-4H2,1H3. The second-order valence-corrected chi connectivity index (χ2v) is 5.41. The quantitative estimate of drug-likeness (QED) is 0.786. The van der Waals surface area contributed by atoms with Gasteiger partial charge in [-0.1, -0.05) is 15.9 Å². The van der Waals surface area contributed by atoms with Gasteiger partial charge in [-0.2, -0.15) is 0 Å². The van der Waals surface area contributed by atoms with Crippen molar-refractivity contribution in [1.82, 2.24) is 4.40 Å². The molecule has 0 bridgehead atoms. The van der Waals surface area contributed by atoms with Crippen molar-refractivity contribution in [1.29, 1.82) is 0 Å². The Hall–Kier alpha value is -0.800. The molecule has 0 aromatic carbocycles. The van der Waals surface area contributed by atoms with Crippen LogP contribution in [0, 0.1) is 6.92 Å². The van der Waals surface area contributed by atoms with Crippen LogP contribution in [0.1, 0.15) is 35.8 Å². The summed E-state index contributed by atoms with van der Waals surface area (Å²) in [5, 5.41) is 10.1. The van der Waals surface area contributed by atoms with E-state index >= 15 is 0 Å². The van der Waals surface area contributed by atoms with Crippen molar-refractivity contribution >= 4 is 21.4 Å². The van der Waals surface area contributed by atoms with Crippen LogP contribution < -0.4 is 0 Å². The van der Waals surface area contributed by atoms with Crippen LogP contribution in [0.3, 0.4) is 0 Å². The summed E-state index contributed by atoms with van der Waals surface area (Å²) in [4.78, 5) is 0. The monoisotopic (exact) mass is 279 g/mol. The Morgan fingerprint density at radius 2 is 2.31 bits per heavy atom. The fraction of sp³-hybridized carbons (Fsp3) is 0.385. The highest BCUT2D eigenvalue weighted by atomic mass is 79.9. The van der Waals surface area contributed by atoms with Gasteiger partial charge in [-0.3, -0.25) is 0 Å². The first-order valence-electron chi connectivity index (χ1n) is 5.65. The molecule has 0 amide bonds. The highest BCUT2D eigenvalue weighted by molar-refractivity contribution is 9.10. The lowest BCUT2D eigenvalue weighted by molar-refractivity contribution is 0.155. The summed E-state index contributed by atoms with van der Waals surface area (Å²) in [5.41, 5.74) is 4.88. The van der Waals surface area contributed by atoms with Gasteiger partial charge in [0.2, 0.25) is 0 Å². The third-order valence-corrected chi connectivity index (χ3v) is 4.02.